The number of anilines is 1. The molecular formula is C19H24N4O2. The van der Waals surface area contributed by atoms with Crippen molar-refractivity contribution in [1.82, 2.24) is 9.88 Å². The van der Waals surface area contributed by atoms with Gasteiger partial charge in [-0.15, -0.1) is 0 Å². The van der Waals surface area contributed by atoms with Crippen molar-refractivity contribution in [3.8, 4) is 6.07 Å². The largest absolute Gasteiger partial charge is 0.387 e. The van der Waals surface area contributed by atoms with E-state index in [-0.39, 0.29) is 5.57 Å². The number of hydrogen-bond acceptors (Lipinski definition) is 6. The zero-order valence-electron chi connectivity index (χ0n) is 14.7. The van der Waals surface area contributed by atoms with Crippen molar-refractivity contribution in [2.75, 3.05) is 25.5 Å². The maximum atomic E-state index is 11.6. The van der Waals surface area contributed by atoms with Crippen molar-refractivity contribution in [1.29, 1.82) is 5.26 Å². The standard InChI is InChI=1S/C19H24N4O2/c1-13(25)16-9-15(17(21-2)11-22-16)18(14(10-20)12-24)23-7-5-19(3-4-19)6-8-23/h9,11-13,21,25H,3-8H2,1-2H3/b18-14+. The van der Waals surface area contributed by atoms with Gasteiger partial charge in [0.1, 0.15) is 11.6 Å². The van der Waals surface area contributed by atoms with Gasteiger partial charge in [-0.1, -0.05) is 0 Å². The van der Waals surface area contributed by atoms with Gasteiger partial charge < -0.3 is 15.3 Å². The third-order valence-corrected chi connectivity index (χ3v) is 5.47. The van der Waals surface area contributed by atoms with E-state index in [9.17, 15) is 15.2 Å². The van der Waals surface area contributed by atoms with Crippen LogP contribution in [-0.2, 0) is 4.79 Å². The van der Waals surface area contributed by atoms with Crippen LogP contribution in [0.4, 0.5) is 5.69 Å². The molecule has 1 spiro atoms. The Labute approximate surface area is 148 Å². The van der Waals surface area contributed by atoms with Crippen molar-refractivity contribution in [3.63, 3.8) is 0 Å². The highest BCUT2D eigenvalue weighted by molar-refractivity contribution is 5.94. The lowest BCUT2D eigenvalue weighted by molar-refractivity contribution is -0.104. The van der Waals surface area contributed by atoms with Gasteiger partial charge in [0.25, 0.3) is 0 Å². The van der Waals surface area contributed by atoms with Gasteiger partial charge in [0, 0.05) is 25.7 Å². The summed E-state index contributed by atoms with van der Waals surface area (Å²) in [6.07, 6.45) is 6.32. The van der Waals surface area contributed by atoms with Gasteiger partial charge in [0.2, 0.25) is 0 Å². The number of nitrogens with zero attached hydrogens (tertiary/aromatic N) is 3. The number of aliphatic hydroxyl groups is 1. The van der Waals surface area contributed by atoms with E-state index in [2.05, 4.69) is 15.2 Å². The molecule has 1 aliphatic carbocycles. The number of aromatic nitrogens is 1. The normalized spacial score (nSPS) is 20.5. The Bertz CT molecular complexity index is 734. The molecule has 0 amide bonds. The van der Waals surface area contributed by atoms with E-state index < -0.39 is 6.10 Å². The Kier molecular flexibility index (Phi) is 4.78. The molecule has 3 rings (SSSR count). The smallest absolute Gasteiger partial charge is 0.162 e. The molecule has 6 nitrogen and oxygen atoms in total. The molecule has 2 heterocycles. The minimum absolute atomic E-state index is 0.117. The Morgan fingerprint density at radius 3 is 2.60 bits per heavy atom. The number of nitriles is 1. The van der Waals surface area contributed by atoms with Gasteiger partial charge in [-0.2, -0.15) is 5.26 Å². The first-order chi connectivity index (χ1) is 12.0. The Balaban J connectivity index is 2.06. The number of likely N-dealkylation sites (tertiary alicyclic amines) is 1. The average molecular weight is 340 g/mol. The van der Waals surface area contributed by atoms with Crippen LogP contribution in [0.2, 0.25) is 0 Å². The van der Waals surface area contributed by atoms with Crippen LogP contribution in [-0.4, -0.2) is 41.4 Å². The van der Waals surface area contributed by atoms with Crippen molar-refractivity contribution < 1.29 is 9.90 Å². The Hall–Kier alpha value is -2.39. The number of carbonyl (C=O) groups excluding carboxylic acids is 1. The molecular weight excluding hydrogens is 316 g/mol. The number of aliphatic hydroxyl groups excluding tert-OH is 1. The second-order valence-corrected chi connectivity index (χ2v) is 7.06. The number of nitrogens with one attached hydrogen (secondary N) is 1. The van der Waals surface area contributed by atoms with E-state index in [0.717, 1.165) is 37.2 Å². The second kappa shape index (κ2) is 6.85. The van der Waals surface area contributed by atoms with E-state index in [1.807, 2.05) is 6.07 Å². The monoisotopic (exact) mass is 340 g/mol. The number of piperidine rings is 1. The molecule has 2 N–H and O–H groups in total. The van der Waals surface area contributed by atoms with E-state index in [4.69, 9.17) is 0 Å². The third-order valence-electron chi connectivity index (χ3n) is 5.47. The molecule has 1 aliphatic heterocycles. The quantitative estimate of drug-likeness (QED) is 0.486. The number of carbonyl (C=O) groups is 1. The summed E-state index contributed by atoms with van der Waals surface area (Å²) >= 11 is 0. The van der Waals surface area contributed by atoms with E-state index in [1.54, 1.807) is 26.2 Å². The van der Waals surface area contributed by atoms with Crippen LogP contribution < -0.4 is 5.32 Å². The lowest BCUT2D eigenvalue weighted by Crippen LogP contribution is -2.34. The van der Waals surface area contributed by atoms with Gasteiger partial charge in [-0.3, -0.25) is 9.78 Å². The number of rotatable bonds is 5. The predicted molar refractivity (Wildman–Crippen MR) is 95.5 cm³/mol. The first-order valence-electron chi connectivity index (χ1n) is 8.74. The predicted octanol–water partition coefficient (Wildman–Crippen LogP) is 2.49. The molecule has 1 aromatic heterocycles. The SMILES string of the molecule is CNc1cnc(C(C)O)cc1/C(=C(/C#N)C=O)N1CCC2(CC1)CC2. The fourth-order valence-electron chi connectivity index (χ4n) is 3.60. The molecule has 1 atom stereocenters. The summed E-state index contributed by atoms with van der Waals surface area (Å²) in [6.45, 7) is 3.32. The summed E-state index contributed by atoms with van der Waals surface area (Å²) in [7, 11) is 1.78. The summed E-state index contributed by atoms with van der Waals surface area (Å²) in [6, 6.07) is 3.82. The second-order valence-electron chi connectivity index (χ2n) is 7.06. The van der Waals surface area contributed by atoms with Crippen molar-refractivity contribution >= 4 is 17.7 Å². The fourth-order valence-corrected chi connectivity index (χ4v) is 3.60. The molecule has 1 saturated carbocycles. The van der Waals surface area contributed by atoms with Crippen LogP contribution in [0, 0.1) is 16.7 Å². The number of aldehydes is 1. The van der Waals surface area contributed by atoms with Crippen molar-refractivity contribution in [3.05, 3.63) is 29.1 Å². The minimum atomic E-state index is -0.719. The van der Waals surface area contributed by atoms with Gasteiger partial charge >= 0.3 is 0 Å². The van der Waals surface area contributed by atoms with Crippen LogP contribution in [0.5, 0.6) is 0 Å². The van der Waals surface area contributed by atoms with Crippen LogP contribution in [0.3, 0.4) is 0 Å². The lowest BCUT2D eigenvalue weighted by atomic mass is 9.92. The van der Waals surface area contributed by atoms with Gasteiger partial charge in [-0.05, 0) is 44.1 Å². The Morgan fingerprint density at radius 2 is 2.12 bits per heavy atom. The van der Waals surface area contributed by atoms with Crippen LogP contribution in [0.25, 0.3) is 5.70 Å². The molecule has 1 aromatic rings. The third kappa shape index (κ3) is 3.38. The summed E-state index contributed by atoms with van der Waals surface area (Å²) in [5.41, 5.74) is 3.26. The van der Waals surface area contributed by atoms with Crippen molar-refractivity contribution in [2.45, 2.75) is 38.7 Å². The first-order valence-corrected chi connectivity index (χ1v) is 8.74. The zero-order chi connectivity index (χ0) is 18.0. The summed E-state index contributed by atoms with van der Waals surface area (Å²) < 4.78 is 0. The summed E-state index contributed by atoms with van der Waals surface area (Å²) in [4.78, 5) is 18.0. The average Bonchev–Trinajstić information content (AvgIpc) is 3.39. The highest BCUT2D eigenvalue weighted by Crippen LogP contribution is 2.54. The fraction of sp³-hybridized carbons (Fsp3) is 0.526. The molecule has 0 bridgehead atoms. The number of allylic oxidation sites excluding steroid dienone is 1. The van der Waals surface area contributed by atoms with Crippen LogP contribution in [0.1, 0.15) is 50.0 Å². The molecule has 1 saturated heterocycles. The summed E-state index contributed by atoms with van der Waals surface area (Å²) in [5, 5.41) is 22.5. The zero-order valence-corrected chi connectivity index (χ0v) is 14.7. The molecule has 2 fully saturated rings. The molecule has 132 valence electrons. The first kappa shape index (κ1) is 17.4. The molecule has 0 radical (unpaired) electrons. The maximum absolute atomic E-state index is 11.6. The van der Waals surface area contributed by atoms with Crippen LogP contribution in [0.15, 0.2) is 17.8 Å². The molecule has 1 unspecified atom stereocenters. The maximum Gasteiger partial charge on any atom is 0.162 e. The highest BCUT2D eigenvalue weighted by atomic mass is 16.3. The van der Waals surface area contributed by atoms with Gasteiger partial charge in [0.15, 0.2) is 6.29 Å². The molecule has 25 heavy (non-hydrogen) atoms. The van der Waals surface area contributed by atoms with E-state index in [1.165, 1.54) is 12.8 Å². The van der Waals surface area contributed by atoms with Gasteiger partial charge in [-0.25, -0.2) is 0 Å². The van der Waals surface area contributed by atoms with E-state index >= 15 is 0 Å². The topological polar surface area (TPSA) is 89.2 Å². The van der Waals surface area contributed by atoms with Gasteiger partial charge in [0.05, 0.1) is 29.4 Å². The van der Waals surface area contributed by atoms with E-state index in [0.29, 0.717) is 23.1 Å². The van der Waals surface area contributed by atoms with Crippen molar-refractivity contribution in [2.24, 2.45) is 5.41 Å². The number of hydrogen-bond donors (Lipinski definition) is 2. The molecule has 0 aromatic carbocycles. The minimum Gasteiger partial charge on any atom is -0.387 e. The van der Waals surface area contributed by atoms with Crippen LogP contribution >= 0.6 is 0 Å². The molecule has 2 aliphatic rings. The lowest BCUT2D eigenvalue weighted by Gasteiger charge is -2.36. The molecule has 6 heteroatoms. The Morgan fingerprint density at radius 1 is 1.44 bits per heavy atom. The summed E-state index contributed by atoms with van der Waals surface area (Å²) in [5.74, 6) is 0. The highest BCUT2D eigenvalue weighted by Gasteiger charge is 2.45. The number of pyridine rings is 1.